The third-order valence-electron chi connectivity index (χ3n) is 8.84. The molecule has 0 radical (unpaired) electrons. The molecular formula is C30H24Br2Cl2N2O6. The number of aromatic hydroxyl groups is 1. The van der Waals surface area contributed by atoms with Crippen molar-refractivity contribution in [3.63, 3.8) is 0 Å². The van der Waals surface area contributed by atoms with Gasteiger partial charge in [-0.1, -0.05) is 61.7 Å². The number of anilines is 1. The number of alkyl halides is 3. The van der Waals surface area contributed by atoms with Gasteiger partial charge >= 0.3 is 0 Å². The predicted molar refractivity (Wildman–Crippen MR) is 164 cm³/mol. The van der Waals surface area contributed by atoms with Gasteiger partial charge in [-0.3, -0.25) is 29.0 Å². The summed E-state index contributed by atoms with van der Waals surface area (Å²) in [6.07, 6.45) is 5.50. The van der Waals surface area contributed by atoms with Crippen LogP contribution in [0.25, 0.3) is 6.08 Å². The van der Waals surface area contributed by atoms with Crippen molar-refractivity contribution in [2.75, 3.05) is 17.5 Å². The van der Waals surface area contributed by atoms with Crippen LogP contribution in [0.2, 0.25) is 0 Å². The zero-order valence-corrected chi connectivity index (χ0v) is 26.8. The average molecular weight is 739 g/mol. The molecule has 1 N–H and O–H groups in total. The largest absolute Gasteiger partial charge is 0.504 e. The highest BCUT2D eigenvalue weighted by atomic mass is 79.9. The molecule has 4 aliphatic rings. The number of hydrogen-bond donors (Lipinski definition) is 1. The summed E-state index contributed by atoms with van der Waals surface area (Å²) in [5.41, 5.74) is 1.71. The van der Waals surface area contributed by atoms with Crippen molar-refractivity contribution in [3.05, 3.63) is 70.2 Å². The maximum absolute atomic E-state index is 14.0. The van der Waals surface area contributed by atoms with Crippen molar-refractivity contribution in [2.45, 2.75) is 22.6 Å². The lowest BCUT2D eigenvalue weighted by atomic mass is 9.57. The normalized spacial score (nSPS) is 32.3. The van der Waals surface area contributed by atoms with Crippen LogP contribution in [0.5, 0.6) is 11.5 Å². The molecule has 8 nitrogen and oxygen atoms in total. The summed E-state index contributed by atoms with van der Waals surface area (Å²) in [7, 11) is 1.43. The van der Waals surface area contributed by atoms with Crippen molar-refractivity contribution < 1.29 is 29.0 Å². The molecule has 6 unspecified atom stereocenters. The Labute approximate surface area is 268 Å². The Bertz CT molecular complexity index is 1600. The predicted octanol–water partition coefficient (Wildman–Crippen LogP) is 5.62. The van der Waals surface area contributed by atoms with Gasteiger partial charge in [-0.2, -0.15) is 0 Å². The van der Waals surface area contributed by atoms with Gasteiger partial charge in [-0.25, -0.2) is 0 Å². The number of fused-ring (bicyclic) bond motifs is 4. The molecule has 42 heavy (non-hydrogen) atoms. The van der Waals surface area contributed by atoms with E-state index >= 15 is 0 Å². The molecule has 1 saturated carbocycles. The highest BCUT2D eigenvalue weighted by Gasteiger charge is 2.75. The first-order chi connectivity index (χ1) is 20.0. The molecule has 2 aliphatic heterocycles. The van der Waals surface area contributed by atoms with Gasteiger partial charge in [0, 0.05) is 10.4 Å². The van der Waals surface area contributed by atoms with Crippen molar-refractivity contribution in [3.8, 4) is 11.5 Å². The van der Waals surface area contributed by atoms with Crippen LogP contribution in [0.4, 0.5) is 5.69 Å². The second kappa shape index (κ2) is 10.5. The molecule has 2 aliphatic carbocycles. The Morgan fingerprint density at radius 2 is 1.76 bits per heavy atom. The number of phenols is 1. The number of carbonyl (C=O) groups is 4. The molecule has 12 heteroatoms. The SMILES string of the molecule is COc1cc(C=CC2C3=CCC4C(=O)N(c5ccc(Br)cc5)C(=O)C4C3CC3(Cl)C(=O)N(CBr)C(=O)C23Cl)ccc1O. The molecule has 4 amide bonds. The smallest absolute Gasteiger partial charge is 0.254 e. The Hall–Kier alpha value is -2.66. The summed E-state index contributed by atoms with van der Waals surface area (Å²) in [5, 5.41) is 10.0. The number of hydrogen-bond acceptors (Lipinski definition) is 6. The topological polar surface area (TPSA) is 104 Å². The Balaban J connectivity index is 1.46. The van der Waals surface area contributed by atoms with Gasteiger partial charge in [0.15, 0.2) is 21.2 Å². The number of phenolic OH excluding ortho intramolecular Hbond substituents is 1. The fourth-order valence-corrected chi connectivity index (χ4v) is 8.50. The van der Waals surface area contributed by atoms with Gasteiger partial charge in [-0.05, 0) is 60.7 Å². The van der Waals surface area contributed by atoms with Gasteiger partial charge in [-0.15, -0.1) is 23.2 Å². The van der Waals surface area contributed by atoms with Crippen molar-refractivity contribution in [2.24, 2.45) is 23.7 Å². The van der Waals surface area contributed by atoms with Gasteiger partial charge in [0.05, 0.1) is 30.1 Å². The number of imide groups is 2. The molecule has 2 heterocycles. The maximum Gasteiger partial charge on any atom is 0.254 e. The van der Waals surface area contributed by atoms with Crippen LogP contribution in [0.3, 0.4) is 0 Å². The van der Waals surface area contributed by atoms with E-state index in [1.807, 2.05) is 6.08 Å². The van der Waals surface area contributed by atoms with Crippen LogP contribution in [-0.4, -0.2) is 55.9 Å². The maximum atomic E-state index is 14.0. The lowest BCUT2D eigenvalue weighted by Crippen LogP contribution is -2.60. The molecule has 6 atom stereocenters. The number of rotatable bonds is 5. The van der Waals surface area contributed by atoms with Crippen molar-refractivity contribution in [1.82, 2.24) is 4.90 Å². The number of nitrogens with zero attached hydrogens (tertiary/aromatic N) is 2. The second-order valence-corrected chi connectivity index (χ2v) is 13.5. The molecule has 0 spiro atoms. The van der Waals surface area contributed by atoms with Gasteiger partial charge in [0.2, 0.25) is 11.8 Å². The second-order valence-electron chi connectivity index (χ2n) is 10.8. The summed E-state index contributed by atoms with van der Waals surface area (Å²) >= 11 is 21.0. The summed E-state index contributed by atoms with van der Waals surface area (Å²) < 4.78 is 6.03. The lowest BCUT2D eigenvalue weighted by molar-refractivity contribution is -0.138. The number of allylic oxidation sites excluding steroid dienone is 3. The van der Waals surface area contributed by atoms with E-state index in [0.29, 0.717) is 16.8 Å². The Kier molecular flexibility index (Phi) is 7.36. The molecule has 3 fully saturated rings. The van der Waals surface area contributed by atoms with Crippen LogP contribution in [0, 0.1) is 23.7 Å². The van der Waals surface area contributed by atoms with Gasteiger partial charge in [0.25, 0.3) is 11.8 Å². The first-order valence-corrected chi connectivity index (χ1v) is 15.8. The van der Waals surface area contributed by atoms with E-state index in [1.54, 1.807) is 48.6 Å². The molecule has 0 aromatic heterocycles. The van der Waals surface area contributed by atoms with Crippen LogP contribution in [0.1, 0.15) is 18.4 Å². The quantitative estimate of drug-likeness (QED) is 0.185. The minimum Gasteiger partial charge on any atom is -0.504 e. The van der Waals surface area contributed by atoms with E-state index in [9.17, 15) is 24.3 Å². The number of amides is 4. The van der Waals surface area contributed by atoms with Crippen molar-refractivity contribution >= 4 is 90.5 Å². The summed E-state index contributed by atoms with van der Waals surface area (Å²) in [6.45, 7) is 0. The van der Waals surface area contributed by atoms with Crippen LogP contribution in [-0.2, 0) is 19.2 Å². The summed E-state index contributed by atoms with van der Waals surface area (Å²) in [4.78, 5) is 53.5. The molecule has 2 saturated heterocycles. The Morgan fingerprint density at radius 3 is 2.43 bits per heavy atom. The minimum absolute atomic E-state index is 0.0359. The van der Waals surface area contributed by atoms with Gasteiger partial charge < -0.3 is 9.84 Å². The van der Waals surface area contributed by atoms with E-state index in [2.05, 4.69) is 31.9 Å². The number of halogens is 4. The molecule has 0 bridgehead atoms. The monoisotopic (exact) mass is 736 g/mol. The number of carbonyl (C=O) groups excluding carboxylic acids is 4. The highest BCUT2D eigenvalue weighted by Crippen LogP contribution is 2.63. The highest BCUT2D eigenvalue weighted by molar-refractivity contribution is 9.10. The average Bonchev–Trinajstić information content (AvgIpc) is 3.31. The first kappa shape index (κ1) is 29.4. The molecule has 218 valence electrons. The molecular weight excluding hydrogens is 715 g/mol. The zero-order valence-electron chi connectivity index (χ0n) is 22.1. The van der Waals surface area contributed by atoms with Gasteiger partial charge in [0.1, 0.15) is 0 Å². The van der Waals surface area contributed by atoms with E-state index in [0.717, 1.165) is 9.37 Å². The van der Waals surface area contributed by atoms with E-state index in [4.69, 9.17) is 27.9 Å². The number of benzene rings is 2. The third-order valence-corrected chi connectivity index (χ3v) is 11.3. The minimum atomic E-state index is -1.87. The number of methoxy groups -OCH3 is 1. The number of likely N-dealkylation sites (tertiary alicyclic amines) is 1. The fraction of sp³-hybridized carbons (Fsp3) is 0.333. The summed E-state index contributed by atoms with van der Waals surface area (Å²) in [6, 6.07) is 11.7. The van der Waals surface area contributed by atoms with Crippen LogP contribution < -0.4 is 9.64 Å². The molecule has 6 rings (SSSR count). The van der Waals surface area contributed by atoms with Crippen LogP contribution >= 0.6 is 55.1 Å². The van der Waals surface area contributed by atoms with E-state index in [-0.39, 0.29) is 41.6 Å². The standard InChI is InChI=1S/C30H24Br2Cl2N2O6/c1-42-23-12-15(3-11-22(23)37)2-10-21-18-8-9-19-24(26(39)36(25(19)38)17-6-4-16(32)5-7-17)20(18)13-29(33)27(40)35(14-31)28(41)30(21,29)34/h2-8,10-12,19-21,24,37H,9,13-14H2,1H3. The zero-order chi connectivity index (χ0) is 30.1. The third kappa shape index (κ3) is 4.05. The lowest BCUT2D eigenvalue weighted by Gasteiger charge is -2.49. The first-order valence-electron chi connectivity index (χ1n) is 13.2. The van der Waals surface area contributed by atoms with E-state index in [1.165, 1.54) is 18.1 Å². The Morgan fingerprint density at radius 1 is 1.05 bits per heavy atom. The fourth-order valence-electron chi connectivity index (χ4n) is 6.85. The number of ether oxygens (including phenoxy) is 1. The van der Waals surface area contributed by atoms with E-state index < -0.39 is 45.2 Å². The molecule has 2 aromatic rings. The van der Waals surface area contributed by atoms with Crippen LogP contribution in [0.15, 0.2) is 64.7 Å². The summed E-state index contributed by atoms with van der Waals surface area (Å²) in [5.74, 6) is -4.63. The van der Waals surface area contributed by atoms with Crippen molar-refractivity contribution in [1.29, 1.82) is 0 Å². The molecule has 2 aromatic carbocycles.